The van der Waals surface area contributed by atoms with E-state index in [0.29, 0.717) is 17.1 Å². The highest BCUT2D eigenvalue weighted by Crippen LogP contribution is 2.29. The maximum absolute atomic E-state index is 11.5. The Morgan fingerprint density at radius 1 is 1.21 bits per heavy atom. The van der Waals surface area contributed by atoms with Gasteiger partial charge in [0.25, 0.3) is 5.91 Å². The Morgan fingerprint density at radius 2 is 2.03 bits per heavy atom. The molecule has 1 amide bonds. The number of fused-ring (bicyclic) bond motifs is 1. The Hall–Kier alpha value is -3.19. The van der Waals surface area contributed by atoms with Crippen molar-refractivity contribution < 1.29 is 14.6 Å². The van der Waals surface area contributed by atoms with Gasteiger partial charge in [0, 0.05) is 17.1 Å². The Balaban J connectivity index is 1.54. The van der Waals surface area contributed by atoms with E-state index in [4.69, 9.17) is 10.5 Å². The van der Waals surface area contributed by atoms with E-state index in [0.717, 1.165) is 42.4 Å². The first-order valence-electron chi connectivity index (χ1n) is 9.80. The van der Waals surface area contributed by atoms with E-state index in [9.17, 15) is 9.90 Å². The zero-order valence-electron chi connectivity index (χ0n) is 16.3. The average Bonchev–Trinajstić information content (AvgIpc) is 2.71. The summed E-state index contributed by atoms with van der Waals surface area (Å²) in [6.07, 6.45) is 5.15. The molecule has 0 spiro atoms. The van der Waals surface area contributed by atoms with Crippen molar-refractivity contribution >= 4 is 22.6 Å². The molecule has 1 fully saturated rings. The summed E-state index contributed by atoms with van der Waals surface area (Å²) in [5, 5.41) is 14.4. The summed E-state index contributed by atoms with van der Waals surface area (Å²) in [5.41, 5.74) is 6.98. The van der Waals surface area contributed by atoms with E-state index in [1.165, 1.54) is 6.20 Å². The van der Waals surface area contributed by atoms with Crippen molar-refractivity contribution in [3.05, 3.63) is 53.9 Å². The summed E-state index contributed by atoms with van der Waals surface area (Å²) in [5.74, 6) is 1.34. The molecule has 1 aromatic carbocycles. The van der Waals surface area contributed by atoms with Gasteiger partial charge >= 0.3 is 0 Å². The van der Waals surface area contributed by atoms with Crippen LogP contribution in [0.5, 0.6) is 11.5 Å². The number of nitrogens with one attached hydrogen (secondary N) is 1. The molecule has 150 valence electrons. The van der Waals surface area contributed by atoms with Gasteiger partial charge in [-0.1, -0.05) is 12.8 Å². The van der Waals surface area contributed by atoms with Gasteiger partial charge in [0.1, 0.15) is 23.0 Å². The van der Waals surface area contributed by atoms with Crippen molar-refractivity contribution in [1.82, 2.24) is 9.97 Å². The lowest BCUT2D eigenvalue weighted by Crippen LogP contribution is -2.36. The molecule has 0 radical (unpaired) electrons. The van der Waals surface area contributed by atoms with Gasteiger partial charge in [0.05, 0.1) is 17.7 Å². The van der Waals surface area contributed by atoms with Crippen LogP contribution in [0.1, 0.15) is 41.7 Å². The number of primary amides is 1. The molecule has 1 aliphatic rings. The van der Waals surface area contributed by atoms with Crippen molar-refractivity contribution in [2.24, 2.45) is 5.73 Å². The summed E-state index contributed by atoms with van der Waals surface area (Å²) in [6.45, 7) is 1.75. The number of aliphatic hydroxyl groups excluding tert-OH is 1. The van der Waals surface area contributed by atoms with Gasteiger partial charge in [-0.25, -0.2) is 4.98 Å². The lowest BCUT2D eigenvalue weighted by Gasteiger charge is -2.28. The number of benzene rings is 1. The monoisotopic (exact) mass is 392 g/mol. The molecule has 29 heavy (non-hydrogen) atoms. The summed E-state index contributed by atoms with van der Waals surface area (Å²) in [6, 6.07) is 11.2. The molecule has 0 bridgehead atoms. The van der Waals surface area contributed by atoms with Crippen LogP contribution in [-0.4, -0.2) is 33.1 Å². The van der Waals surface area contributed by atoms with Gasteiger partial charge in [0.2, 0.25) is 0 Å². The van der Waals surface area contributed by atoms with Crippen molar-refractivity contribution in [2.75, 3.05) is 5.32 Å². The molecule has 2 aromatic heterocycles. The van der Waals surface area contributed by atoms with Crippen LogP contribution in [0.4, 0.5) is 5.82 Å². The smallest absolute Gasteiger partial charge is 0.267 e. The molecule has 2 atom stereocenters. The standard InChI is InChI=1S/C22H24N4O3/c1-13-19(10-11-24-21(13)22(23)28)29-15-7-8-16-14(12-15)6-9-20(25-16)26-17-4-2-3-5-18(17)27/h6-12,17-18,27H,2-5H2,1H3,(H2,23,28)(H,25,26)/t17-,18-/m1/s1. The van der Waals surface area contributed by atoms with Crippen LogP contribution < -0.4 is 15.8 Å². The first-order valence-corrected chi connectivity index (χ1v) is 9.80. The summed E-state index contributed by atoms with van der Waals surface area (Å²) < 4.78 is 5.95. The van der Waals surface area contributed by atoms with Crippen LogP contribution in [0.3, 0.4) is 0 Å². The van der Waals surface area contributed by atoms with E-state index < -0.39 is 5.91 Å². The number of hydrogen-bond acceptors (Lipinski definition) is 6. The molecule has 0 aliphatic heterocycles. The molecule has 1 aliphatic carbocycles. The number of amides is 1. The van der Waals surface area contributed by atoms with E-state index in [1.54, 1.807) is 13.0 Å². The summed E-state index contributed by atoms with van der Waals surface area (Å²) in [4.78, 5) is 20.1. The third-order valence-electron chi connectivity index (χ3n) is 5.34. The molecule has 7 nitrogen and oxygen atoms in total. The molecular formula is C22H24N4O3. The Morgan fingerprint density at radius 3 is 2.83 bits per heavy atom. The molecule has 7 heteroatoms. The number of aromatic nitrogens is 2. The normalized spacial score (nSPS) is 19.1. The van der Waals surface area contributed by atoms with Crippen LogP contribution in [0.15, 0.2) is 42.6 Å². The number of rotatable bonds is 5. The second-order valence-electron chi connectivity index (χ2n) is 7.40. The van der Waals surface area contributed by atoms with E-state index in [1.807, 2.05) is 30.3 Å². The fourth-order valence-electron chi connectivity index (χ4n) is 3.72. The van der Waals surface area contributed by atoms with Gasteiger partial charge in [0.15, 0.2) is 0 Å². The van der Waals surface area contributed by atoms with Crippen LogP contribution >= 0.6 is 0 Å². The Labute approximate surface area is 168 Å². The molecule has 3 aromatic rings. The quantitative estimate of drug-likeness (QED) is 0.612. The predicted molar refractivity (Wildman–Crippen MR) is 111 cm³/mol. The molecule has 0 saturated heterocycles. The van der Waals surface area contributed by atoms with E-state index in [-0.39, 0.29) is 17.8 Å². The topological polar surface area (TPSA) is 110 Å². The number of pyridine rings is 2. The van der Waals surface area contributed by atoms with Crippen LogP contribution in [0, 0.1) is 6.92 Å². The fraction of sp³-hybridized carbons (Fsp3) is 0.318. The van der Waals surface area contributed by atoms with Gasteiger partial charge < -0.3 is 20.9 Å². The highest BCUT2D eigenvalue weighted by atomic mass is 16.5. The SMILES string of the molecule is Cc1c(Oc2ccc3nc(N[C@@H]4CCCC[C@H]4O)ccc3c2)ccnc1C(N)=O. The molecule has 4 N–H and O–H groups in total. The minimum atomic E-state index is -0.584. The van der Waals surface area contributed by atoms with Crippen LogP contribution in [0.25, 0.3) is 10.9 Å². The highest BCUT2D eigenvalue weighted by molar-refractivity contribution is 5.92. The number of nitrogens with zero attached hydrogens (tertiary/aromatic N) is 2. The van der Waals surface area contributed by atoms with Crippen LogP contribution in [-0.2, 0) is 0 Å². The predicted octanol–water partition coefficient (Wildman–Crippen LogP) is 3.54. The van der Waals surface area contributed by atoms with Gasteiger partial charge in [-0.05, 0) is 56.2 Å². The largest absolute Gasteiger partial charge is 0.457 e. The number of carbonyl (C=O) groups excluding carboxylic acids is 1. The number of carbonyl (C=O) groups is 1. The molecule has 0 unspecified atom stereocenters. The Kier molecular flexibility index (Phi) is 5.31. The number of hydrogen-bond donors (Lipinski definition) is 3. The summed E-state index contributed by atoms with van der Waals surface area (Å²) >= 11 is 0. The third-order valence-corrected chi connectivity index (χ3v) is 5.34. The minimum absolute atomic E-state index is 0.0467. The average molecular weight is 392 g/mol. The van der Waals surface area contributed by atoms with E-state index >= 15 is 0 Å². The zero-order valence-corrected chi connectivity index (χ0v) is 16.3. The van der Waals surface area contributed by atoms with Gasteiger partial charge in [-0.3, -0.25) is 9.78 Å². The molecule has 1 saturated carbocycles. The lowest BCUT2D eigenvalue weighted by atomic mass is 9.92. The first-order chi connectivity index (χ1) is 14.0. The molecular weight excluding hydrogens is 368 g/mol. The third kappa shape index (κ3) is 4.14. The molecule has 2 heterocycles. The zero-order chi connectivity index (χ0) is 20.4. The maximum atomic E-state index is 11.5. The highest BCUT2D eigenvalue weighted by Gasteiger charge is 2.23. The van der Waals surface area contributed by atoms with Crippen molar-refractivity contribution in [3.8, 4) is 11.5 Å². The lowest BCUT2D eigenvalue weighted by molar-refractivity contribution is 0.0994. The van der Waals surface area contributed by atoms with E-state index in [2.05, 4.69) is 15.3 Å². The second-order valence-corrected chi connectivity index (χ2v) is 7.40. The van der Waals surface area contributed by atoms with Crippen molar-refractivity contribution in [1.29, 1.82) is 0 Å². The number of aliphatic hydroxyl groups is 1. The van der Waals surface area contributed by atoms with Gasteiger partial charge in [-0.2, -0.15) is 0 Å². The maximum Gasteiger partial charge on any atom is 0.267 e. The second kappa shape index (κ2) is 8.05. The number of nitrogens with two attached hydrogens (primary N) is 1. The molecule has 4 rings (SSSR count). The Bertz CT molecular complexity index is 1050. The number of ether oxygens (including phenoxy) is 1. The number of anilines is 1. The first kappa shape index (κ1) is 19.1. The van der Waals surface area contributed by atoms with Crippen molar-refractivity contribution in [3.63, 3.8) is 0 Å². The minimum Gasteiger partial charge on any atom is -0.457 e. The van der Waals surface area contributed by atoms with Crippen LogP contribution in [0.2, 0.25) is 0 Å². The van der Waals surface area contributed by atoms with Crippen molar-refractivity contribution in [2.45, 2.75) is 44.8 Å². The summed E-state index contributed by atoms with van der Waals surface area (Å²) in [7, 11) is 0. The van der Waals surface area contributed by atoms with Gasteiger partial charge in [-0.15, -0.1) is 0 Å². The fourth-order valence-corrected chi connectivity index (χ4v) is 3.72.